The monoisotopic (exact) mass is 740 g/mol. The van der Waals surface area contributed by atoms with Crippen molar-refractivity contribution in [3.63, 3.8) is 0 Å². The Morgan fingerprint density at radius 3 is 2.29 bits per heavy atom. The zero-order valence-corrected chi connectivity index (χ0v) is 26.6. The minimum absolute atomic E-state index is 0. The molecule has 6 heteroatoms. The molecule has 0 fully saturated rings. The fraction of sp³-hybridized carbons (Fsp3) is 0.156. The van der Waals surface area contributed by atoms with Gasteiger partial charge in [0.15, 0.2) is 5.78 Å². The minimum atomic E-state index is -1.88. The molecule has 0 aliphatic heterocycles. The predicted molar refractivity (Wildman–Crippen MR) is 156 cm³/mol. The van der Waals surface area contributed by atoms with Gasteiger partial charge in [0, 0.05) is 26.2 Å². The van der Waals surface area contributed by atoms with E-state index >= 15 is 0 Å². The first kappa shape index (κ1) is 29.3. The number of rotatable bonds is 3. The molecule has 0 aliphatic rings. The predicted octanol–water partition coefficient (Wildman–Crippen LogP) is 7.46. The molecule has 1 heterocycles. The van der Waals surface area contributed by atoms with E-state index in [9.17, 15) is 10.1 Å². The first-order chi connectivity index (χ1) is 17.6. The number of aliphatic hydroxyl groups excluding tert-OH is 1. The quantitative estimate of drug-likeness (QED) is 0.0687. The van der Waals surface area contributed by atoms with Crippen LogP contribution in [0.25, 0.3) is 43.6 Å². The minimum Gasteiger partial charge on any atom is 0 e. The van der Waals surface area contributed by atoms with E-state index in [0.29, 0.717) is 5.56 Å². The molecule has 0 aliphatic carbocycles. The molecule has 5 aromatic rings. The summed E-state index contributed by atoms with van der Waals surface area (Å²) in [6.07, 6.45) is 3.03. The second kappa shape index (κ2) is 12.0. The SMILES string of the molecule is CC(=O)/C=C(/C)O.[CH3][Ge]([CH3])([CH3])[c]1ccc2c(ccc3c(-c4[c-]c5ccccc5c(C#N)c4)nccc32)c1.[Ir]. The van der Waals surface area contributed by atoms with Crippen LogP contribution in [-0.4, -0.2) is 29.1 Å². The second-order valence-electron chi connectivity index (χ2n) is 10.2. The molecule has 4 nitrogen and oxygen atoms in total. The summed E-state index contributed by atoms with van der Waals surface area (Å²) in [6, 6.07) is 29.0. The molecule has 1 N–H and O–H groups in total. The van der Waals surface area contributed by atoms with E-state index in [2.05, 4.69) is 65.8 Å². The van der Waals surface area contributed by atoms with E-state index < -0.39 is 13.3 Å². The van der Waals surface area contributed by atoms with Crippen LogP contribution in [0.15, 0.2) is 84.8 Å². The Morgan fingerprint density at radius 1 is 0.947 bits per heavy atom. The van der Waals surface area contributed by atoms with Crippen LogP contribution in [-0.2, 0) is 24.9 Å². The van der Waals surface area contributed by atoms with Crippen molar-refractivity contribution < 1.29 is 30.0 Å². The van der Waals surface area contributed by atoms with E-state index in [1.807, 2.05) is 36.5 Å². The molecule has 193 valence electrons. The fourth-order valence-corrected chi connectivity index (χ4v) is 6.88. The van der Waals surface area contributed by atoms with Gasteiger partial charge in [-0.3, -0.25) is 4.79 Å². The standard InChI is InChI=1S/C27H21GeN2.C5H8O2.Ir/c1-28(2,3)22-9-11-24-19(16-22)8-10-26-25(24)12-13-30-27(26)20-14-18-6-4-5-7-23(18)21(15-20)17-29;1-4(6)3-5(2)7;/h4-13,15-16H,1-3H3;3,6H,1-2H3;/q-1;;/b;4-3-;. The molecule has 0 spiro atoms. The number of allylic oxidation sites excluding steroid dienone is 2. The van der Waals surface area contributed by atoms with Gasteiger partial charge in [0.1, 0.15) is 0 Å². The van der Waals surface area contributed by atoms with Gasteiger partial charge in [0.05, 0.1) is 5.76 Å². The molecule has 0 bridgehead atoms. The van der Waals surface area contributed by atoms with Crippen LogP contribution in [0.2, 0.25) is 17.3 Å². The summed E-state index contributed by atoms with van der Waals surface area (Å²) in [4.78, 5) is 14.7. The van der Waals surface area contributed by atoms with Crippen LogP contribution in [0, 0.1) is 17.4 Å². The van der Waals surface area contributed by atoms with Gasteiger partial charge < -0.3 is 5.11 Å². The molecule has 0 atom stereocenters. The third-order valence-electron chi connectivity index (χ3n) is 6.19. The largest absolute Gasteiger partial charge is 0 e. The van der Waals surface area contributed by atoms with Gasteiger partial charge in [-0.1, -0.05) is 6.07 Å². The van der Waals surface area contributed by atoms with Crippen molar-refractivity contribution >= 4 is 55.8 Å². The number of pyridine rings is 1. The molecule has 1 aromatic heterocycles. The number of carbonyl (C=O) groups is 1. The molecule has 0 saturated heterocycles. The first-order valence-corrected chi connectivity index (χ1v) is 19.5. The van der Waals surface area contributed by atoms with Crippen molar-refractivity contribution in [3.8, 4) is 17.3 Å². The zero-order valence-electron chi connectivity index (χ0n) is 22.1. The maximum Gasteiger partial charge on any atom is 0 e. The average molecular weight is 738 g/mol. The number of aromatic nitrogens is 1. The van der Waals surface area contributed by atoms with Crippen molar-refractivity contribution in [2.75, 3.05) is 0 Å². The Morgan fingerprint density at radius 2 is 1.66 bits per heavy atom. The van der Waals surface area contributed by atoms with Gasteiger partial charge in [-0.05, 0) is 13.8 Å². The van der Waals surface area contributed by atoms with Crippen LogP contribution in [0.1, 0.15) is 19.4 Å². The Balaban J connectivity index is 0.000000444. The van der Waals surface area contributed by atoms with Crippen molar-refractivity contribution in [2.45, 2.75) is 31.1 Å². The van der Waals surface area contributed by atoms with Gasteiger partial charge in [-0.15, -0.1) is 0 Å². The number of ketones is 1. The Bertz CT molecular complexity index is 1730. The van der Waals surface area contributed by atoms with Gasteiger partial charge in [-0.25, -0.2) is 0 Å². The smallest absolute Gasteiger partial charge is 0 e. The van der Waals surface area contributed by atoms with Gasteiger partial charge in [-0.2, -0.15) is 0 Å². The van der Waals surface area contributed by atoms with Crippen molar-refractivity contribution in [3.05, 3.63) is 96.4 Å². The van der Waals surface area contributed by atoms with Crippen molar-refractivity contribution in [1.29, 1.82) is 5.26 Å². The van der Waals surface area contributed by atoms with Crippen molar-refractivity contribution in [2.24, 2.45) is 0 Å². The molecule has 0 amide bonds. The number of carbonyl (C=O) groups excluding carboxylic acids is 1. The molecule has 1 radical (unpaired) electrons. The number of hydrogen-bond acceptors (Lipinski definition) is 4. The summed E-state index contributed by atoms with van der Waals surface area (Å²) < 4.78 is 1.51. The summed E-state index contributed by atoms with van der Waals surface area (Å²) >= 11 is -1.88. The first-order valence-electron chi connectivity index (χ1n) is 12.1. The normalized spacial score (nSPS) is 11.4. The molecular formula is C32H29GeIrN2O2-. The molecule has 4 aromatic carbocycles. The number of fused-ring (bicyclic) bond motifs is 4. The number of hydrogen-bond donors (Lipinski definition) is 1. The van der Waals surface area contributed by atoms with E-state index in [1.54, 1.807) is 0 Å². The van der Waals surface area contributed by atoms with Crippen LogP contribution in [0.3, 0.4) is 0 Å². The molecule has 0 unspecified atom stereocenters. The summed E-state index contributed by atoms with van der Waals surface area (Å²) in [6.45, 7) is 2.85. The van der Waals surface area contributed by atoms with Crippen LogP contribution in [0.4, 0.5) is 0 Å². The Hall–Kier alpha value is -3.30. The van der Waals surface area contributed by atoms with E-state index in [-0.39, 0.29) is 31.6 Å². The average Bonchev–Trinajstić information content (AvgIpc) is 2.86. The number of nitriles is 1. The van der Waals surface area contributed by atoms with Crippen LogP contribution >= 0.6 is 0 Å². The van der Waals surface area contributed by atoms with Gasteiger partial charge >= 0.3 is 173 Å². The maximum atomic E-state index is 10.0. The fourth-order valence-electron chi connectivity index (χ4n) is 4.42. The van der Waals surface area contributed by atoms with Gasteiger partial charge in [0.2, 0.25) is 0 Å². The van der Waals surface area contributed by atoms with Crippen molar-refractivity contribution in [1.82, 2.24) is 4.98 Å². The molecular weight excluding hydrogens is 709 g/mol. The summed E-state index contributed by atoms with van der Waals surface area (Å²) in [7, 11) is 0. The number of nitrogens with zero attached hydrogens (tertiary/aromatic N) is 2. The zero-order chi connectivity index (χ0) is 26.7. The third kappa shape index (κ3) is 6.39. The Labute approximate surface area is 239 Å². The van der Waals surface area contributed by atoms with E-state index in [0.717, 1.165) is 27.4 Å². The third-order valence-corrected chi connectivity index (χ3v) is 10.5. The number of aliphatic hydroxyl groups is 1. The number of benzene rings is 4. The molecule has 38 heavy (non-hydrogen) atoms. The van der Waals surface area contributed by atoms with E-state index in [4.69, 9.17) is 10.1 Å². The topological polar surface area (TPSA) is 74.0 Å². The summed E-state index contributed by atoms with van der Waals surface area (Å²) in [5.41, 5.74) is 2.38. The summed E-state index contributed by atoms with van der Waals surface area (Å²) in [5.74, 6) is 7.21. The molecule has 5 rings (SSSR count). The van der Waals surface area contributed by atoms with Crippen LogP contribution < -0.4 is 4.40 Å². The van der Waals surface area contributed by atoms with Gasteiger partial charge in [0.25, 0.3) is 0 Å². The van der Waals surface area contributed by atoms with E-state index in [1.165, 1.54) is 40.5 Å². The maximum absolute atomic E-state index is 10.0. The molecule has 0 saturated carbocycles. The summed E-state index contributed by atoms with van der Waals surface area (Å²) in [5, 5.41) is 24.7. The van der Waals surface area contributed by atoms with Crippen LogP contribution in [0.5, 0.6) is 0 Å². The Kier molecular flexibility index (Phi) is 9.27. The second-order valence-corrected chi connectivity index (χ2v) is 20.8.